The average molecular weight is 386 g/mol. The lowest BCUT2D eigenvalue weighted by Gasteiger charge is -2.20. The molecule has 2 aromatic carbocycles. The van der Waals surface area contributed by atoms with Crippen molar-refractivity contribution in [1.29, 1.82) is 0 Å². The Hall–Kier alpha value is -1.73. The number of hydrogen-bond acceptors (Lipinski definition) is 3. The quantitative estimate of drug-likeness (QED) is 0.755. The first-order chi connectivity index (χ1) is 10.2. The normalized spacial score (nSPS) is 11.3. The molecular weight excluding hydrogens is 373 g/mol. The molecule has 0 atom stereocenters. The van der Waals surface area contributed by atoms with E-state index < -0.39 is 15.8 Å². The van der Waals surface area contributed by atoms with E-state index >= 15 is 0 Å². The molecule has 0 fully saturated rings. The lowest BCUT2D eigenvalue weighted by Crippen LogP contribution is -2.27. The molecule has 2 rings (SSSR count). The molecule has 0 radical (unpaired) electrons. The minimum atomic E-state index is -3.96. The fourth-order valence-corrected chi connectivity index (χ4v) is 3.48. The van der Waals surface area contributed by atoms with Crippen molar-refractivity contribution in [2.24, 2.45) is 0 Å². The van der Waals surface area contributed by atoms with E-state index in [1.807, 2.05) is 0 Å². The van der Waals surface area contributed by atoms with Crippen LogP contribution in [-0.4, -0.2) is 21.2 Å². The second-order valence-electron chi connectivity index (χ2n) is 4.65. The average Bonchev–Trinajstić information content (AvgIpc) is 2.46. The molecule has 22 heavy (non-hydrogen) atoms. The van der Waals surface area contributed by atoms with Gasteiger partial charge in [-0.2, -0.15) is 0 Å². The Labute approximate surface area is 136 Å². The van der Waals surface area contributed by atoms with Crippen molar-refractivity contribution in [3.05, 3.63) is 58.3 Å². The predicted molar refractivity (Wildman–Crippen MR) is 86.1 cm³/mol. The molecule has 0 bridgehead atoms. The van der Waals surface area contributed by atoms with Gasteiger partial charge in [-0.15, -0.1) is 0 Å². The maximum Gasteiger partial charge on any atom is 0.264 e. The van der Waals surface area contributed by atoms with Gasteiger partial charge in [-0.3, -0.25) is 9.10 Å². The van der Waals surface area contributed by atoms with Crippen molar-refractivity contribution in [2.75, 3.05) is 11.4 Å². The predicted octanol–water partition coefficient (Wildman–Crippen LogP) is 3.62. The SMILES string of the molecule is CC(=O)c1cccc(S(=O)(=O)N(C)c2ccc(Br)cc2F)c1. The Morgan fingerprint density at radius 1 is 1.18 bits per heavy atom. The smallest absolute Gasteiger partial charge is 0.264 e. The summed E-state index contributed by atoms with van der Waals surface area (Å²) < 4.78 is 40.5. The first kappa shape index (κ1) is 16.6. The number of hydrogen-bond donors (Lipinski definition) is 0. The molecule has 7 heteroatoms. The highest BCUT2D eigenvalue weighted by atomic mass is 79.9. The highest BCUT2D eigenvalue weighted by Gasteiger charge is 2.24. The first-order valence-electron chi connectivity index (χ1n) is 6.28. The number of carbonyl (C=O) groups excluding carboxylic acids is 1. The van der Waals surface area contributed by atoms with E-state index in [4.69, 9.17) is 0 Å². The van der Waals surface area contributed by atoms with Crippen LogP contribution in [0.5, 0.6) is 0 Å². The van der Waals surface area contributed by atoms with Crippen LogP contribution in [-0.2, 0) is 10.0 Å². The summed E-state index contributed by atoms with van der Waals surface area (Å²) in [6.07, 6.45) is 0. The second-order valence-corrected chi connectivity index (χ2v) is 7.54. The van der Waals surface area contributed by atoms with Crippen molar-refractivity contribution in [1.82, 2.24) is 0 Å². The Kier molecular flexibility index (Phi) is 4.67. The van der Waals surface area contributed by atoms with Crippen LogP contribution < -0.4 is 4.31 Å². The van der Waals surface area contributed by atoms with E-state index in [-0.39, 0.29) is 21.9 Å². The van der Waals surface area contributed by atoms with Gasteiger partial charge in [0.25, 0.3) is 10.0 Å². The van der Waals surface area contributed by atoms with Gasteiger partial charge in [0.05, 0.1) is 10.6 Å². The zero-order valence-corrected chi connectivity index (χ0v) is 14.3. The molecule has 0 aliphatic rings. The van der Waals surface area contributed by atoms with Gasteiger partial charge in [-0.1, -0.05) is 28.1 Å². The Balaban J connectivity index is 2.49. The monoisotopic (exact) mass is 385 g/mol. The van der Waals surface area contributed by atoms with Crippen molar-refractivity contribution in [3.8, 4) is 0 Å². The van der Waals surface area contributed by atoms with Crippen molar-refractivity contribution in [3.63, 3.8) is 0 Å². The summed E-state index contributed by atoms with van der Waals surface area (Å²) >= 11 is 3.12. The van der Waals surface area contributed by atoms with E-state index in [0.717, 1.165) is 4.31 Å². The van der Waals surface area contributed by atoms with Crippen LogP contribution in [0, 0.1) is 5.82 Å². The molecule has 0 spiro atoms. The van der Waals surface area contributed by atoms with Crippen LogP contribution in [0.4, 0.5) is 10.1 Å². The fourth-order valence-electron chi connectivity index (χ4n) is 1.90. The summed E-state index contributed by atoms with van der Waals surface area (Å²) in [5, 5.41) is 0. The highest BCUT2D eigenvalue weighted by molar-refractivity contribution is 9.10. The van der Waals surface area contributed by atoms with Gasteiger partial charge in [-0.25, -0.2) is 12.8 Å². The third kappa shape index (κ3) is 3.20. The van der Waals surface area contributed by atoms with Gasteiger partial charge in [0, 0.05) is 17.1 Å². The molecule has 0 unspecified atom stereocenters. The zero-order chi connectivity index (χ0) is 16.5. The van der Waals surface area contributed by atoms with Crippen molar-refractivity contribution in [2.45, 2.75) is 11.8 Å². The van der Waals surface area contributed by atoms with Gasteiger partial charge in [-0.05, 0) is 37.3 Å². The number of Topliss-reactive ketones (excluding diaryl/α,β-unsaturated/α-hetero) is 1. The molecule has 0 saturated carbocycles. The largest absolute Gasteiger partial charge is 0.295 e. The number of ketones is 1. The summed E-state index contributed by atoms with van der Waals surface area (Å²) in [4.78, 5) is 11.3. The standard InChI is InChI=1S/C15H13BrFNO3S/c1-10(19)11-4-3-5-13(8-11)22(20,21)18(2)15-7-6-12(16)9-14(15)17/h3-9H,1-2H3. The molecule has 0 aliphatic heterocycles. The minimum absolute atomic E-state index is 0.0648. The highest BCUT2D eigenvalue weighted by Crippen LogP contribution is 2.27. The molecule has 0 N–H and O–H groups in total. The van der Waals surface area contributed by atoms with Gasteiger partial charge in [0.15, 0.2) is 5.78 Å². The lowest BCUT2D eigenvalue weighted by atomic mass is 10.2. The van der Waals surface area contributed by atoms with Gasteiger partial charge < -0.3 is 0 Å². The molecule has 4 nitrogen and oxygen atoms in total. The molecule has 0 aliphatic carbocycles. The Morgan fingerprint density at radius 2 is 1.86 bits per heavy atom. The summed E-state index contributed by atoms with van der Waals surface area (Å²) in [6, 6.07) is 9.77. The third-order valence-electron chi connectivity index (χ3n) is 3.15. The van der Waals surface area contributed by atoms with E-state index in [9.17, 15) is 17.6 Å². The number of benzene rings is 2. The van der Waals surface area contributed by atoms with E-state index in [2.05, 4.69) is 15.9 Å². The van der Waals surface area contributed by atoms with Crippen LogP contribution >= 0.6 is 15.9 Å². The summed E-state index contributed by atoms with van der Waals surface area (Å²) in [6.45, 7) is 1.35. The number of sulfonamides is 1. The number of anilines is 1. The van der Waals surface area contributed by atoms with Crippen LogP contribution in [0.1, 0.15) is 17.3 Å². The van der Waals surface area contributed by atoms with Crippen LogP contribution in [0.25, 0.3) is 0 Å². The summed E-state index contributed by atoms with van der Waals surface area (Å²) in [5.74, 6) is -0.905. The Bertz CT molecular complexity index is 836. The van der Waals surface area contributed by atoms with Crippen LogP contribution in [0.2, 0.25) is 0 Å². The maximum absolute atomic E-state index is 14.0. The third-order valence-corrected chi connectivity index (χ3v) is 5.41. The Morgan fingerprint density at radius 3 is 2.45 bits per heavy atom. The van der Waals surface area contributed by atoms with Crippen LogP contribution in [0.15, 0.2) is 51.8 Å². The minimum Gasteiger partial charge on any atom is -0.295 e. The molecular formula is C15H13BrFNO3S. The van der Waals surface area contributed by atoms with E-state index in [0.29, 0.717) is 4.47 Å². The number of carbonyl (C=O) groups is 1. The molecule has 0 heterocycles. The second kappa shape index (κ2) is 6.18. The van der Waals surface area contributed by atoms with Crippen LogP contribution in [0.3, 0.4) is 0 Å². The first-order valence-corrected chi connectivity index (χ1v) is 8.52. The summed E-state index contributed by atoms with van der Waals surface area (Å²) in [7, 11) is -2.69. The van der Waals surface area contributed by atoms with E-state index in [1.54, 1.807) is 6.07 Å². The molecule has 2 aromatic rings. The zero-order valence-electron chi connectivity index (χ0n) is 11.9. The topological polar surface area (TPSA) is 54.5 Å². The maximum atomic E-state index is 14.0. The summed E-state index contributed by atoms with van der Waals surface area (Å²) in [5.41, 5.74) is 0.210. The lowest BCUT2D eigenvalue weighted by molar-refractivity contribution is 0.101. The van der Waals surface area contributed by atoms with Crippen molar-refractivity contribution >= 4 is 37.4 Å². The number of nitrogens with zero attached hydrogens (tertiary/aromatic N) is 1. The van der Waals surface area contributed by atoms with Gasteiger partial charge in [0.2, 0.25) is 0 Å². The van der Waals surface area contributed by atoms with E-state index in [1.165, 1.54) is 50.4 Å². The number of rotatable bonds is 4. The molecule has 0 amide bonds. The molecule has 116 valence electrons. The molecule has 0 aromatic heterocycles. The fraction of sp³-hybridized carbons (Fsp3) is 0.133. The van der Waals surface area contributed by atoms with Crippen molar-refractivity contribution < 1.29 is 17.6 Å². The number of halogens is 2. The van der Waals surface area contributed by atoms with Gasteiger partial charge >= 0.3 is 0 Å². The molecule has 0 saturated heterocycles. The van der Waals surface area contributed by atoms with Gasteiger partial charge in [0.1, 0.15) is 5.82 Å².